The van der Waals surface area contributed by atoms with Crippen molar-refractivity contribution in [2.75, 3.05) is 12.4 Å². The second-order valence-electron chi connectivity index (χ2n) is 5.68. The normalized spacial score (nSPS) is 12.5. The number of rotatable bonds is 4. The zero-order chi connectivity index (χ0) is 16.9. The van der Waals surface area contributed by atoms with E-state index in [2.05, 4.69) is 10.1 Å². The van der Waals surface area contributed by atoms with E-state index in [1.807, 2.05) is 0 Å². The van der Waals surface area contributed by atoms with E-state index in [-0.39, 0.29) is 6.42 Å². The molecule has 1 aromatic carbocycles. The maximum absolute atomic E-state index is 11.7. The topological polar surface area (TPSA) is 84.9 Å². The van der Waals surface area contributed by atoms with Crippen molar-refractivity contribution < 1.29 is 24.2 Å². The van der Waals surface area contributed by atoms with Crippen molar-refractivity contribution in [2.24, 2.45) is 0 Å². The monoisotopic (exact) mass is 329 g/mol. The molecule has 7 heteroatoms. The molecule has 0 spiro atoms. The molecule has 22 heavy (non-hydrogen) atoms. The standard InChI is InChI=1S/C15H20ClNO5/c1-15(2,3)22-14(20)17-10-6-5-9(11(16)8-10)7-12(18)13(19)21-4/h5-6,8,12,18H,7H2,1-4H3,(H,17,20). The van der Waals surface area contributed by atoms with Crippen molar-refractivity contribution in [1.82, 2.24) is 0 Å². The lowest BCUT2D eigenvalue weighted by Crippen LogP contribution is -2.27. The molecule has 1 unspecified atom stereocenters. The number of hydrogen-bond donors (Lipinski definition) is 2. The number of aliphatic hydroxyl groups excluding tert-OH is 1. The minimum atomic E-state index is -1.29. The Hall–Kier alpha value is -1.79. The van der Waals surface area contributed by atoms with Crippen LogP contribution in [0.15, 0.2) is 18.2 Å². The van der Waals surface area contributed by atoms with Gasteiger partial charge in [0.05, 0.1) is 7.11 Å². The van der Waals surface area contributed by atoms with Gasteiger partial charge in [-0.2, -0.15) is 0 Å². The molecule has 1 amide bonds. The Morgan fingerprint density at radius 1 is 1.36 bits per heavy atom. The van der Waals surface area contributed by atoms with Crippen LogP contribution in [-0.4, -0.2) is 36.0 Å². The predicted octanol–water partition coefficient (Wildman–Crippen LogP) is 2.76. The van der Waals surface area contributed by atoms with Gasteiger partial charge >= 0.3 is 12.1 Å². The fourth-order valence-electron chi connectivity index (χ4n) is 1.64. The lowest BCUT2D eigenvalue weighted by molar-refractivity contribution is -0.150. The number of halogens is 1. The van der Waals surface area contributed by atoms with E-state index in [9.17, 15) is 14.7 Å². The fourth-order valence-corrected chi connectivity index (χ4v) is 1.90. The van der Waals surface area contributed by atoms with Gasteiger partial charge < -0.3 is 14.6 Å². The molecule has 0 fully saturated rings. The highest BCUT2D eigenvalue weighted by Gasteiger charge is 2.19. The molecule has 0 bridgehead atoms. The van der Waals surface area contributed by atoms with Crippen LogP contribution in [0.1, 0.15) is 26.3 Å². The molecule has 0 aliphatic heterocycles. The van der Waals surface area contributed by atoms with Gasteiger partial charge in [-0.1, -0.05) is 17.7 Å². The Labute approximate surface area is 134 Å². The van der Waals surface area contributed by atoms with E-state index < -0.39 is 23.8 Å². The Kier molecular flexibility index (Phi) is 6.20. The summed E-state index contributed by atoms with van der Waals surface area (Å²) in [7, 11) is 1.20. The second kappa shape index (κ2) is 7.47. The number of benzene rings is 1. The van der Waals surface area contributed by atoms with E-state index in [4.69, 9.17) is 16.3 Å². The number of carbonyl (C=O) groups is 2. The molecule has 1 atom stereocenters. The summed E-state index contributed by atoms with van der Waals surface area (Å²) in [4.78, 5) is 22.8. The van der Waals surface area contributed by atoms with Crippen molar-refractivity contribution >= 4 is 29.4 Å². The van der Waals surface area contributed by atoms with Gasteiger partial charge in [0.25, 0.3) is 0 Å². The number of anilines is 1. The number of aliphatic hydroxyl groups is 1. The Morgan fingerprint density at radius 3 is 2.50 bits per heavy atom. The Balaban J connectivity index is 2.73. The summed E-state index contributed by atoms with van der Waals surface area (Å²) >= 11 is 6.08. The van der Waals surface area contributed by atoms with Crippen LogP contribution in [0.5, 0.6) is 0 Å². The second-order valence-corrected chi connectivity index (χ2v) is 6.08. The van der Waals surface area contributed by atoms with Crippen LogP contribution in [-0.2, 0) is 20.7 Å². The first-order valence-electron chi connectivity index (χ1n) is 6.66. The van der Waals surface area contributed by atoms with Gasteiger partial charge in [0.1, 0.15) is 5.60 Å². The number of carbonyl (C=O) groups excluding carboxylic acids is 2. The van der Waals surface area contributed by atoms with Crippen LogP contribution >= 0.6 is 11.6 Å². The molecule has 2 N–H and O–H groups in total. The van der Waals surface area contributed by atoms with Crippen molar-refractivity contribution in [3.8, 4) is 0 Å². The number of methoxy groups -OCH3 is 1. The van der Waals surface area contributed by atoms with E-state index in [1.54, 1.807) is 32.9 Å². The molecule has 0 aliphatic carbocycles. The molecule has 0 aromatic heterocycles. The lowest BCUT2D eigenvalue weighted by atomic mass is 10.1. The smallest absolute Gasteiger partial charge is 0.412 e. The molecule has 0 aliphatic rings. The molecule has 122 valence electrons. The minimum Gasteiger partial charge on any atom is -0.467 e. The summed E-state index contributed by atoms with van der Waals surface area (Å²) in [5, 5.41) is 12.5. The summed E-state index contributed by atoms with van der Waals surface area (Å²) in [5.41, 5.74) is 0.420. The number of nitrogens with one attached hydrogen (secondary N) is 1. The Morgan fingerprint density at radius 2 is 2.00 bits per heavy atom. The summed E-state index contributed by atoms with van der Waals surface area (Å²) < 4.78 is 9.57. The predicted molar refractivity (Wildman–Crippen MR) is 83.0 cm³/mol. The first-order chi connectivity index (χ1) is 10.1. The molecule has 1 aromatic rings. The van der Waals surface area contributed by atoms with E-state index >= 15 is 0 Å². The molecule has 1 rings (SSSR count). The Bertz CT molecular complexity index is 553. The maximum Gasteiger partial charge on any atom is 0.412 e. The molecule has 6 nitrogen and oxygen atoms in total. The molecular weight excluding hydrogens is 310 g/mol. The highest BCUT2D eigenvalue weighted by Crippen LogP contribution is 2.23. The van der Waals surface area contributed by atoms with Crippen LogP contribution in [0.25, 0.3) is 0 Å². The zero-order valence-electron chi connectivity index (χ0n) is 13.0. The van der Waals surface area contributed by atoms with Crippen LogP contribution in [0.3, 0.4) is 0 Å². The first kappa shape index (κ1) is 18.3. The van der Waals surface area contributed by atoms with Gasteiger partial charge in [-0.05, 0) is 38.5 Å². The summed E-state index contributed by atoms with van der Waals surface area (Å²) in [6, 6.07) is 4.74. The van der Waals surface area contributed by atoms with E-state index in [0.29, 0.717) is 16.3 Å². The highest BCUT2D eigenvalue weighted by molar-refractivity contribution is 6.31. The third-order valence-electron chi connectivity index (χ3n) is 2.58. The summed E-state index contributed by atoms with van der Waals surface area (Å²) in [6.07, 6.45) is -1.85. The van der Waals surface area contributed by atoms with E-state index in [1.165, 1.54) is 13.2 Å². The number of esters is 1. The molecule has 0 heterocycles. The van der Waals surface area contributed by atoms with Gasteiger partial charge in [0.2, 0.25) is 0 Å². The summed E-state index contributed by atoms with van der Waals surface area (Å²) in [6.45, 7) is 5.28. The van der Waals surface area contributed by atoms with Crippen LogP contribution in [0, 0.1) is 0 Å². The maximum atomic E-state index is 11.7. The molecule has 0 saturated heterocycles. The average molecular weight is 330 g/mol. The summed E-state index contributed by atoms with van der Waals surface area (Å²) in [5.74, 6) is -0.730. The van der Waals surface area contributed by atoms with Crippen molar-refractivity contribution in [3.05, 3.63) is 28.8 Å². The third kappa shape index (κ3) is 5.91. The van der Waals surface area contributed by atoms with Crippen molar-refractivity contribution in [2.45, 2.75) is 38.9 Å². The molecular formula is C15H20ClNO5. The van der Waals surface area contributed by atoms with Gasteiger partial charge in [-0.15, -0.1) is 0 Å². The van der Waals surface area contributed by atoms with Gasteiger partial charge in [0, 0.05) is 17.1 Å². The zero-order valence-corrected chi connectivity index (χ0v) is 13.7. The number of amides is 1. The average Bonchev–Trinajstić information content (AvgIpc) is 2.38. The fraction of sp³-hybridized carbons (Fsp3) is 0.467. The SMILES string of the molecule is COC(=O)C(O)Cc1ccc(NC(=O)OC(C)(C)C)cc1Cl. The minimum absolute atomic E-state index is 0.0260. The largest absolute Gasteiger partial charge is 0.467 e. The highest BCUT2D eigenvalue weighted by atomic mass is 35.5. The van der Waals surface area contributed by atoms with Gasteiger partial charge in [0.15, 0.2) is 6.10 Å². The van der Waals surface area contributed by atoms with Gasteiger partial charge in [-0.25, -0.2) is 9.59 Å². The third-order valence-corrected chi connectivity index (χ3v) is 2.94. The first-order valence-corrected chi connectivity index (χ1v) is 7.04. The van der Waals surface area contributed by atoms with Crippen LogP contribution in [0.4, 0.5) is 10.5 Å². The quantitative estimate of drug-likeness (QED) is 0.830. The van der Waals surface area contributed by atoms with Crippen molar-refractivity contribution in [1.29, 1.82) is 0 Å². The number of ether oxygens (including phenoxy) is 2. The van der Waals surface area contributed by atoms with E-state index in [0.717, 1.165) is 0 Å². The van der Waals surface area contributed by atoms with Crippen LogP contribution < -0.4 is 5.32 Å². The van der Waals surface area contributed by atoms with Crippen molar-refractivity contribution in [3.63, 3.8) is 0 Å². The molecule has 0 radical (unpaired) electrons. The number of hydrogen-bond acceptors (Lipinski definition) is 5. The van der Waals surface area contributed by atoms with Crippen LogP contribution in [0.2, 0.25) is 5.02 Å². The molecule has 0 saturated carbocycles. The van der Waals surface area contributed by atoms with Gasteiger partial charge in [-0.3, -0.25) is 5.32 Å². The lowest BCUT2D eigenvalue weighted by Gasteiger charge is -2.20.